The molecule has 0 amide bonds. The molecule has 1 aliphatic heterocycles. The van der Waals surface area contributed by atoms with Gasteiger partial charge in [-0.05, 0) is 19.8 Å². The number of aliphatic hydroxyl groups excluding tert-OH is 1. The lowest BCUT2D eigenvalue weighted by molar-refractivity contribution is -0.368. The molecule has 1 fully saturated rings. The Morgan fingerprint density at radius 1 is 1.21 bits per heavy atom. The summed E-state index contributed by atoms with van der Waals surface area (Å²) in [6.07, 6.45) is -2.85. The van der Waals surface area contributed by atoms with Crippen molar-refractivity contribution in [2.45, 2.75) is 57.6 Å². The van der Waals surface area contributed by atoms with Gasteiger partial charge in [-0.1, -0.05) is 13.8 Å². The van der Waals surface area contributed by atoms with Crippen LogP contribution in [0.3, 0.4) is 0 Å². The Morgan fingerprint density at radius 2 is 1.74 bits per heavy atom. The maximum absolute atomic E-state index is 10.7. The minimum atomic E-state index is -1.30. The number of hydrogen-bond acceptors (Lipinski definition) is 6. The van der Waals surface area contributed by atoms with Crippen molar-refractivity contribution < 1.29 is 29.2 Å². The Bertz CT molecular complexity index is 289. The third kappa shape index (κ3) is 3.45. The zero-order valence-corrected chi connectivity index (χ0v) is 12.5. The normalized spacial score (nSPS) is 32.8. The minimum absolute atomic E-state index is 0.0829. The predicted molar refractivity (Wildman–Crippen MR) is 68.5 cm³/mol. The SMILES string of the molecule is COC(OC)[C@H](O)[C@@H]1OC(C)(C)OC[C@]1(O)C(C)C. The van der Waals surface area contributed by atoms with Gasteiger partial charge in [0.15, 0.2) is 12.1 Å². The topological polar surface area (TPSA) is 77.4 Å². The summed E-state index contributed by atoms with van der Waals surface area (Å²) in [6.45, 7) is 7.25. The van der Waals surface area contributed by atoms with Gasteiger partial charge in [-0.15, -0.1) is 0 Å². The van der Waals surface area contributed by atoms with Crippen molar-refractivity contribution >= 4 is 0 Å². The van der Waals surface area contributed by atoms with E-state index in [2.05, 4.69) is 0 Å². The van der Waals surface area contributed by atoms with Crippen molar-refractivity contribution in [2.24, 2.45) is 5.92 Å². The fourth-order valence-electron chi connectivity index (χ4n) is 2.19. The summed E-state index contributed by atoms with van der Waals surface area (Å²) in [6, 6.07) is 0. The fourth-order valence-corrected chi connectivity index (χ4v) is 2.19. The number of rotatable bonds is 5. The molecule has 1 heterocycles. The summed E-state index contributed by atoms with van der Waals surface area (Å²) >= 11 is 0. The van der Waals surface area contributed by atoms with Crippen molar-refractivity contribution in [2.75, 3.05) is 20.8 Å². The molecule has 19 heavy (non-hydrogen) atoms. The van der Waals surface area contributed by atoms with E-state index in [4.69, 9.17) is 18.9 Å². The molecule has 0 aliphatic carbocycles. The van der Waals surface area contributed by atoms with Gasteiger partial charge in [0, 0.05) is 14.2 Å². The van der Waals surface area contributed by atoms with Gasteiger partial charge >= 0.3 is 0 Å². The Hall–Kier alpha value is -0.240. The van der Waals surface area contributed by atoms with Crippen LogP contribution in [0.15, 0.2) is 0 Å². The van der Waals surface area contributed by atoms with E-state index in [1.54, 1.807) is 13.8 Å². The van der Waals surface area contributed by atoms with Gasteiger partial charge in [0.25, 0.3) is 0 Å². The highest BCUT2D eigenvalue weighted by molar-refractivity contribution is 4.98. The van der Waals surface area contributed by atoms with Crippen molar-refractivity contribution in [3.63, 3.8) is 0 Å². The highest BCUT2D eigenvalue weighted by atomic mass is 16.7. The first-order chi connectivity index (χ1) is 8.68. The zero-order valence-electron chi connectivity index (χ0n) is 12.5. The Labute approximate surface area is 114 Å². The standard InChI is InChI=1S/C13H26O6/c1-8(2)13(15)7-18-12(3,4)19-10(13)9(14)11(16-5)17-6/h8-11,14-15H,7H2,1-6H3/t9-,10+,13+/m1/s1. The van der Waals surface area contributed by atoms with Crippen molar-refractivity contribution in [1.29, 1.82) is 0 Å². The number of methoxy groups -OCH3 is 2. The first-order valence-electron chi connectivity index (χ1n) is 6.45. The van der Waals surface area contributed by atoms with Crippen LogP contribution < -0.4 is 0 Å². The van der Waals surface area contributed by atoms with Crippen LogP contribution >= 0.6 is 0 Å². The molecule has 114 valence electrons. The van der Waals surface area contributed by atoms with Gasteiger partial charge in [0.1, 0.15) is 17.8 Å². The average Bonchev–Trinajstić information content (AvgIpc) is 2.33. The average molecular weight is 278 g/mol. The van der Waals surface area contributed by atoms with Crippen molar-refractivity contribution in [3.8, 4) is 0 Å². The number of aliphatic hydroxyl groups is 2. The highest BCUT2D eigenvalue weighted by Crippen LogP contribution is 2.36. The second-order valence-corrected chi connectivity index (χ2v) is 5.70. The molecule has 6 heteroatoms. The third-order valence-electron chi connectivity index (χ3n) is 3.61. The van der Waals surface area contributed by atoms with Crippen LogP contribution in [0.4, 0.5) is 0 Å². The summed E-state index contributed by atoms with van der Waals surface area (Å²) in [5, 5.41) is 21.1. The maximum atomic E-state index is 10.7. The Balaban J connectivity index is 3.00. The van der Waals surface area contributed by atoms with Gasteiger partial charge in [0.2, 0.25) is 0 Å². The summed E-state index contributed by atoms with van der Waals surface area (Å²) in [7, 11) is 2.85. The van der Waals surface area contributed by atoms with Gasteiger partial charge in [0.05, 0.1) is 6.61 Å². The lowest BCUT2D eigenvalue weighted by Gasteiger charge is -2.50. The summed E-state index contributed by atoms with van der Waals surface area (Å²) in [5.74, 6) is -1.03. The number of hydrogen-bond donors (Lipinski definition) is 2. The lowest BCUT2D eigenvalue weighted by atomic mass is 9.81. The molecular weight excluding hydrogens is 252 g/mol. The molecular formula is C13H26O6. The molecule has 1 saturated heterocycles. The summed E-state index contributed by atoms with van der Waals surface area (Å²) < 4.78 is 21.3. The van der Waals surface area contributed by atoms with E-state index < -0.39 is 29.9 Å². The van der Waals surface area contributed by atoms with Gasteiger partial charge in [-0.2, -0.15) is 0 Å². The van der Waals surface area contributed by atoms with Crippen LogP contribution in [0.1, 0.15) is 27.7 Å². The van der Waals surface area contributed by atoms with E-state index in [0.717, 1.165) is 0 Å². The molecule has 0 aromatic carbocycles. The second kappa shape index (κ2) is 6.03. The molecule has 0 aromatic heterocycles. The monoisotopic (exact) mass is 278 g/mol. The summed E-state index contributed by atoms with van der Waals surface area (Å²) in [4.78, 5) is 0. The van der Waals surface area contributed by atoms with Crippen LogP contribution in [0.5, 0.6) is 0 Å². The quantitative estimate of drug-likeness (QED) is 0.713. The van der Waals surface area contributed by atoms with Crippen LogP contribution in [0, 0.1) is 5.92 Å². The predicted octanol–water partition coefficient (Wildman–Crippen LogP) is 0.505. The van der Waals surface area contributed by atoms with E-state index in [1.807, 2.05) is 13.8 Å². The Kier molecular flexibility index (Phi) is 5.34. The molecule has 2 N–H and O–H groups in total. The van der Waals surface area contributed by atoms with Crippen molar-refractivity contribution in [3.05, 3.63) is 0 Å². The lowest BCUT2D eigenvalue weighted by Crippen LogP contribution is -2.66. The maximum Gasteiger partial charge on any atom is 0.185 e. The molecule has 0 radical (unpaired) electrons. The molecule has 0 bridgehead atoms. The van der Waals surface area contributed by atoms with Crippen LogP contribution in [0.2, 0.25) is 0 Å². The molecule has 0 spiro atoms. The molecule has 1 rings (SSSR count). The summed E-state index contributed by atoms with van der Waals surface area (Å²) in [5.41, 5.74) is -1.30. The zero-order chi connectivity index (χ0) is 14.8. The molecule has 1 aliphatic rings. The van der Waals surface area contributed by atoms with Crippen molar-refractivity contribution in [1.82, 2.24) is 0 Å². The van der Waals surface area contributed by atoms with Crippen LogP contribution in [0.25, 0.3) is 0 Å². The molecule has 0 saturated carbocycles. The molecule has 3 atom stereocenters. The fraction of sp³-hybridized carbons (Fsp3) is 1.00. The largest absolute Gasteiger partial charge is 0.385 e. The van der Waals surface area contributed by atoms with E-state index in [-0.39, 0.29) is 12.5 Å². The van der Waals surface area contributed by atoms with Gasteiger partial charge in [-0.3, -0.25) is 0 Å². The smallest absolute Gasteiger partial charge is 0.185 e. The molecule has 0 aromatic rings. The highest BCUT2D eigenvalue weighted by Gasteiger charge is 2.53. The van der Waals surface area contributed by atoms with E-state index >= 15 is 0 Å². The molecule has 0 unspecified atom stereocenters. The van der Waals surface area contributed by atoms with E-state index in [9.17, 15) is 10.2 Å². The number of ether oxygens (including phenoxy) is 4. The third-order valence-corrected chi connectivity index (χ3v) is 3.61. The second-order valence-electron chi connectivity index (χ2n) is 5.70. The first kappa shape index (κ1) is 16.8. The van der Waals surface area contributed by atoms with Crippen LogP contribution in [-0.2, 0) is 18.9 Å². The molecule has 6 nitrogen and oxygen atoms in total. The Morgan fingerprint density at radius 3 is 2.16 bits per heavy atom. The van der Waals surface area contributed by atoms with Gasteiger partial charge < -0.3 is 29.2 Å². The van der Waals surface area contributed by atoms with E-state index in [1.165, 1.54) is 14.2 Å². The minimum Gasteiger partial charge on any atom is -0.385 e. The van der Waals surface area contributed by atoms with E-state index in [0.29, 0.717) is 0 Å². The first-order valence-corrected chi connectivity index (χ1v) is 6.45. The van der Waals surface area contributed by atoms with Gasteiger partial charge in [-0.25, -0.2) is 0 Å². The van der Waals surface area contributed by atoms with Crippen LogP contribution in [-0.4, -0.2) is 60.9 Å².